The summed E-state index contributed by atoms with van der Waals surface area (Å²) >= 11 is 0. The van der Waals surface area contributed by atoms with E-state index in [0.717, 1.165) is 18.2 Å². The minimum absolute atomic E-state index is 0.357. The molecule has 0 radical (unpaired) electrons. The van der Waals surface area contributed by atoms with Gasteiger partial charge in [-0.25, -0.2) is 0 Å². The van der Waals surface area contributed by atoms with E-state index in [9.17, 15) is 5.11 Å². The number of rotatable bonds is 2. The fourth-order valence-electron chi connectivity index (χ4n) is 3.73. The van der Waals surface area contributed by atoms with Crippen molar-refractivity contribution in [3.8, 4) is 5.75 Å². The lowest BCUT2D eigenvalue weighted by Crippen LogP contribution is -1.83. The van der Waals surface area contributed by atoms with Gasteiger partial charge in [0.2, 0.25) is 0 Å². The van der Waals surface area contributed by atoms with Gasteiger partial charge in [0.15, 0.2) is 0 Å². The fourth-order valence-corrected chi connectivity index (χ4v) is 3.73. The van der Waals surface area contributed by atoms with Crippen LogP contribution >= 0.6 is 0 Å². The molecule has 29 heavy (non-hydrogen) atoms. The third kappa shape index (κ3) is 4.19. The zero-order valence-corrected chi connectivity index (χ0v) is 17.9. The summed E-state index contributed by atoms with van der Waals surface area (Å²) in [6.07, 6.45) is 2.29. The van der Waals surface area contributed by atoms with Gasteiger partial charge in [0.1, 0.15) is 5.75 Å². The van der Waals surface area contributed by atoms with Crippen molar-refractivity contribution >= 4 is 32.3 Å². The molecule has 1 nitrogen and oxygen atoms in total. The van der Waals surface area contributed by atoms with Crippen LogP contribution in [0.1, 0.15) is 38.8 Å². The molecule has 0 spiro atoms. The maximum Gasteiger partial charge on any atom is 0.123 e. The van der Waals surface area contributed by atoms with Crippen LogP contribution in [0, 0.1) is 0 Å². The summed E-state index contributed by atoms with van der Waals surface area (Å²) in [6.45, 7) is 8.36. The molecule has 0 bridgehead atoms. The predicted molar refractivity (Wildman–Crippen MR) is 128 cm³/mol. The highest BCUT2D eigenvalue weighted by Gasteiger charge is 2.09. The van der Waals surface area contributed by atoms with E-state index in [1.807, 2.05) is 26.0 Å². The van der Waals surface area contributed by atoms with Crippen molar-refractivity contribution in [1.29, 1.82) is 0 Å². The molecule has 0 amide bonds. The summed E-state index contributed by atoms with van der Waals surface area (Å²) in [7, 11) is 0. The summed E-state index contributed by atoms with van der Waals surface area (Å²) in [5.41, 5.74) is 2.86. The zero-order valence-electron chi connectivity index (χ0n) is 17.9. The van der Waals surface area contributed by atoms with Crippen molar-refractivity contribution in [1.82, 2.24) is 0 Å². The van der Waals surface area contributed by atoms with E-state index >= 15 is 0 Å². The van der Waals surface area contributed by atoms with Crippen molar-refractivity contribution in [2.75, 3.05) is 0 Å². The molecular formula is C28H30O. The molecule has 5 rings (SSSR count). The second-order valence-corrected chi connectivity index (χ2v) is 6.96. The Hall–Kier alpha value is -3.06. The van der Waals surface area contributed by atoms with E-state index < -0.39 is 0 Å². The van der Waals surface area contributed by atoms with Gasteiger partial charge in [-0.2, -0.15) is 0 Å². The first-order chi connectivity index (χ1) is 14.2. The molecule has 0 fully saturated rings. The third-order valence-corrected chi connectivity index (χ3v) is 5.35. The molecule has 0 aliphatic rings. The molecule has 1 heteroatoms. The lowest BCUT2D eigenvalue weighted by Gasteiger charge is -2.11. The Morgan fingerprint density at radius 1 is 0.552 bits per heavy atom. The molecule has 0 unspecified atom stereocenters. The molecule has 148 valence electrons. The van der Waals surface area contributed by atoms with Crippen LogP contribution in [-0.4, -0.2) is 5.11 Å². The van der Waals surface area contributed by atoms with Gasteiger partial charge in [-0.3, -0.25) is 0 Å². The van der Waals surface area contributed by atoms with Gasteiger partial charge in [-0.1, -0.05) is 100 Å². The highest BCUT2D eigenvalue weighted by molar-refractivity contribution is 6.23. The maximum absolute atomic E-state index is 9.95. The molecule has 0 aliphatic heterocycles. The van der Waals surface area contributed by atoms with Gasteiger partial charge in [-0.05, 0) is 51.6 Å². The normalized spacial score (nSPS) is 10.5. The van der Waals surface area contributed by atoms with Crippen LogP contribution < -0.4 is 0 Å². The maximum atomic E-state index is 9.95. The van der Waals surface area contributed by atoms with E-state index in [2.05, 4.69) is 74.5 Å². The molecule has 5 aromatic carbocycles. The Labute approximate surface area is 174 Å². The zero-order chi connectivity index (χ0) is 20.8. The van der Waals surface area contributed by atoms with Crippen molar-refractivity contribution in [3.05, 3.63) is 90.0 Å². The molecule has 0 heterocycles. The van der Waals surface area contributed by atoms with Gasteiger partial charge < -0.3 is 5.11 Å². The highest BCUT2D eigenvalue weighted by atomic mass is 16.3. The van der Waals surface area contributed by atoms with Crippen LogP contribution in [0.25, 0.3) is 32.3 Å². The number of hydrogen-bond donors (Lipinski definition) is 1. The number of phenolic OH excluding ortho intramolecular Hbond substituents is 1. The van der Waals surface area contributed by atoms with Crippen molar-refractivity contribution in [2.24, 2.45) is 0 Å². The molecule has 5 aromatic rings. The number of aromatic hydroxyl groups is 1. The molecule has 0 saturated heterocycles. The van der Waals surface area contributed by atoms with Gasteiger partial charge in [0, 0.05) is 10.8 Å². The molecule has 0 atom stereocenters. The number of benzene rings is 5. The van der Waals surface area contributed by atoms with Crippen LogP contribution in [0.15, 0.2) is 78.9 Å². The minimum Gasteiger partial charge on any atom is -0.507 e. The van der Waals surface area contributed by atoms with Crippen molar-refractivity contribution in [2.45, 2.75) is 40.5 Å². The van der Waals surface area contributed by atoms with E-state index in [-0.39, 0.29) is 0 Å². The Bertz CT molecular complexity index is 1150. The topological polar surface area (TPSA) is 20.2 Å². The van der Waals surface area contributed by atoms with E-state index in [1.165, 1.54) is 38.1 Å². The van der Waals surface area contributed by atoms with E-state index in [1.54, 1.807) is 6.07 Å². The van der Waals surface area contributed by atoms with Gasteiger partial charge in [-0.15, -0.1) is 0 Å². The molecule has 0 aliphatic carbocycles. The quantitative estimate of drug-likeness (QED) is 0.306. The molecule has 1 N–H and O–H groups in total. The van der Waals surface area contributed by atoms with Crippen molar-refractivity contribution < 1.29 is 5.11 Å². The Balaban J connectivity index is 0.000000173. The Morgan fingerprint density at radius 2 is 1.00 bits per heavy atom. The standard InChI is InChI=1S/C16H10O.C10H14.C2H6/c17-14-9-7-12-5-4-10-2-1-3-11-6-8-13(14)16(12)15(10)11;1-3-9-5-7-10(4-2)8-6-9;1-2/h1-9,17H;5-8H,3-4H2,1-2H3;1-2H3. The lowest BCUT2D eigenvalue weighted by molar-refractivity contribution is 0.482. The van der Waals surface area contributed by atoms with E-state index in [0.29, 0.717) is 5.75 Å². The summed E-state index contributed by atoms with van der Waals surface area (Å²) in [6, 6.07) is 27.2. The number of hydrogen-bond acceptors (Lipinski definition) is 1. The monoisotopic (exact) mass is 382 g/mol. The summed E-state index contributed by atoms with van der Waals surface area (Å²) in [5, 5.41) is 16.9. The highest BCUT2D eigenvalue weighted by Crippen LogP contribution is 2.37. The smallest absolute Gasteiger partial charge is 0.123 e. The third-order valence-electron chi connectivity index (χ3n) is 5.35. The first-order valence-electron chi connectivity index (χ1n) is 10.6. The number of aryl methyl sites for hydroxylation is 2. The van der Waals surface area contributed by atoms with Crippen LogP contribution in [0.4, 0.5) is 0 Å². The predicted octanol–water partition coefficient (Wildman–Crippen LogP) is 8.13. The van der Waals surface area contributed by atoms with Gasteiger partial charge in [0.05, 0.1) is 0 Å². The fraction of sp³-hybridized carbons (Fsp3) is 0.214. The Morgan fingerprint density at radius 3 is 1.52 bits per heavy atom. The lowest BCUT2D eigenvalue weighted by atomic mass is 9.94. The first-order valence-corrected chi connectivity index (χ1v) is 10.6. The van der Waals surface area contributed by atoms with Gasteiger partial charge >= 0.3 is 0 Å². The van der Waals surface area contributed by atoms with Gasteiger partial charge in [0.25, 0.3) is 0 Å². The largest absolute Gasteiger partial charge is 0.507 e. The van der Waals surface area contributed by atoms with Crippen LogP contribution in [0.5, 0.6) is 5.75 Å². The van der Waals surface area contributed by atoms with Crippen molar-refractivity contribution in [3.63, 3.8) is 0 Å². The SMILES string of the molecule is CC.CCc1ccc(CC)cc1.Oc1ccc2ccc3cccc4ccc1c2c34. The average molecular weight is 383 g/mol. The second-order valence-electron chi connectivity index (χ2n) is 6.96. The number of phenols is 1. The summed E-state index contributed by atoms with van der Waals surface area (Å²) in [5.74, 6) is 0.357. The molecule has 0 saturated carbocycles. The summed E-state index contributed by atoms with van der Waals surface area (Å²) in [4.78, 5) is 0. The van der Waals surface area contributed by atoms with Crippen LogP contribution in [0.3, 0.4) is 0 Å². The molecule has 0 aromatic heterocycles. The van der Waals surface area contributed by atoms with Crippen LogP contribution in [-0.2, 0) is 12.8 Å². The first kappa shape index (κ1) is 20.7. The second kappa shape index (κ2) is 9.43. The van der Waals surface area contributed by atoms with Crippen LogP contribution in [0.2, 0.25) is 0 Å². The minimum atomic E-state index is 0.357. The van der Waals surface area contributed by atoms with E-state index in [4.69, 9.17) is 0 Å². The average Bonchev–Trinajstić information content (AvgIpc) is 2.80. The Kier molecular flexibility index (Phi) is 6.72. The summed E-state index contributed by atoms with van der Waals surface area (Å²) < 4.78 is 0. The molecular weight excluding hydrogens is 352 g/mol.